The molecule has 8 nitrogen and oxygen atoms in total. The van der Waals surface area contributed by atoms with Crippen LogP contribution in [0.1, 0.15) is 0 Å². The minimum atomic E-state index is 0.424. The first-order valence-corrected chi connectivity index (χ1v) is 17.1. The average molecular weight is 683 g/mol. The van der Waals surface area contributed by atoms with Gasteiger partial charge in [-0.2, -0.15) is 0 Å². The first-order valence-electron chi connectivity index (χ1n) is 17.1. The maximum atomic E-state index is 6.23. The van der Waals surface area contributed by atoms with Crippen LogP contribution in [0.2, 0.25) is 0 Å². The lowest BCUT2D eigenvalue weighted by Crippen LogP contribution is -2.13. The number of benzene rings is 4. The van der Waals surface area contributed by atoms with Gasteiger partial charge in [-0.1, -0.05) is 84.9 Å². The molecule has 4 aromatic rings. The summed E-state index contributed by atoms with van der Waals surface area (Å²) in [6, 6.07) is 33.2. The van der Waals surface area contributed by atoms with Crippen molar-refractivity contribution in [2.24, 2.45) is 0 Å². The molecule has 0 saturated heterocycles. The minimum absolute atomic E-state index is 0.424. The Morgan fingerprint density at radius 3 is 1.06 bits per heavy atom. The molecule has 0 bridgehead atoms. The Hall–Kier alpha value is -4.28. The lowest BCUT2D eigenvalue weighted by atomic mass is 9.95. The second kappa shape index (κ2) is 24.0. The Morgan fingerprint density at radius 1 is 0.360 bits per heavy atom. The van der Waals surface area contributed by atoms with Crippen LogP contribution in [-0.4, -0.2) is 92.5 Å². The smallest absolute Gasteiger partial charge is 0.127 e. The summed E-state index contributed by atoms with van der Waals surface area (Å²) in [5.74, 6) is 1.60. The van der Waals surface area contributed by atoms with Crippen molar-refractivity contribution < 1.29 is 37.9 Å². The monoisotopic (exact) mass is 682 g/mol. The van der Waals surface area contributed by atoms with Crippen LogP contribution >= 0.6 is 0 Å². The van der Waals surface area contributed by atoms with Crippen molar-refractivity contribution in [1.82, 2.24) is 0 Å². The van der Waals surface area contributed by atoms with Gasteiger partial charge in [0.1, 0.15) is 24.7 Å². The van der Waals surface area contributed by atoms with Gasteiger partial charge in [0, 0.05) is 11.1 Å². The summed E-state index contributed by atoms with van der Waals surface area (Å²) in [6.45, 7) is 14.2. The van der Waals surface area contributed by atoms with Crippen LogP contribution < -0.4 is 9.47 Å². The highest BCUT2D eigenvalue weighted by Crippen LogP contribution is 2.38. The van der Waals surface area contributed by atoms with E-state index < -0.39 is 0 Å². The summed E-state index contributed by atoms with van der Waals surface area (Å²) in [5, 5.41) is 0. The van der Waals surface area contributed by atoms with Gasteiger partial charge in [0.05, 0.1) is 79.3 Å². The van der Waals surface area contributed by atoms with Gasteiger partial charge >= 0.3 is 0 Å². The molecule has 0 amide bonds. The number of hydrogen-bond acceptors (Lipinski definition) is 8. The molecule has 0 radical (unpaired) electrons. The van der Waals surface area contributed by atoms with E-state index in [1.165, 1.54) is 0 Å². The van der Waals surface area contributed by atoms with E-state index in [1.807, 2.05) is 48.5 Å². The Morgan fingerprint density at radius 2 is 0.700 bits per heavy atom. The Kier molecular flexibility index (Phi) is 18.5. The van der Waals surface area contributed by atoms with E-state index in [9.17, 15) is 0 Å². The van der Waals surface area contributed by atoms with E-state index in [2.05, 4.69) is 61.7 Å². The molecule has 0 aliphatic rings. The van der Waals surface area contributed by atoms with Crippen LogP contribution in [0.3, 0.4) is 0 Å². The van der Waals surface area contributed by atoms with E-state index in [0.29, 0.717) is 92.5 Å². The van der Waals surface area contributed by atoms with Crippen LogP contribution in [0.25, 0.3) is 33.4 Å². The van der Waals surface area contributed by atoms with Gasteiger partial charge in [0.2, 0.25) is 0 Å². The summed E-state index contributed by atoms with van der Waals surface area (Å²) in [4.78, 5) is 0. The fourth-order valence-electron chi connectivity index (χ4n) is 4.99. The first kappa shape index (κ1) is 38.5. The third kappa shape index (κ3) is 13.9. The van der Waals surface area contributed by atoms with Crippen LogP contribution in [-0.2, 0) is 28.4 Å². The fourth-order valence-corrected chi connectivity index (χ4v) is 4.99. The average Bonchev–Trinajstić information content (AvgIpc) is 3.17. The molecule has 0 saturated carbocycles. The highest BCUT2D eigenvalue weighted by Gasteiger charge is 2.13. The third-order valence-electron chi connectivity index (χ3n) is 7.39. The van der Waals surface area contributed by atoms with Gasteiger partial charge in [-0.3, -0.25) is 0 Å². The van der Waals surface area contributed by atoms with Gasteiger partial charge in [0.15, 0.2) is 0 Å². The molecule has 0 aliphatic carbocycles. The van der Waals surface area contributed by atoms with Crippen molar-refractivity contribution in [3.63, 3.8) is 0 Å². The standard InChI is InChI=1S/C42H50O8/c1-3-19-43-21-23-45-25-27-47-29-31-49-41-17-15-37(33-39(41)35-11-7-5-8-12-35)38-16-18-42(40(34-38)36-13-9-6-10-14-36)50-32-30-48-28-26-46-24-22-44-20-4-2/h3-18,33-34H,1-2,19-32H2. The molecule has 4 rings (SSSR count). The van der Waals surface area contributed by atoms with Gasteiger partial charge in [-0.15, -0.1) is 13.2 Å². The van der Waals surface area contributed by atoms with E-state index in [0.717, 1.165) is 44.9 Å². The normalized spacial score (nSPS) is 11.0. The minimum Gasteiger partial charge on any atom is -0.491 e. The van der Waals surface area contributed by atoms with Gasteiger partial charge in [0.25, 0.3) is 0 Å². The predicted octanol–water partition coefficient (Wildman–Crippen LogP) is 7.92. The Bertz CT molecular complexity index is 1390. The number of rotatable bonds is 27. The molecule has 4 aromatic carbocycles. The summed E-state index contributed by atoms with van der Waals surface area (Å²) < 4.78 is 45.6. The van der Waals surface area contributed by atoms with E-state index >= 15 is 0 Å². The zero-order valence-corrected chi connectivity index (χ0v) is 29.0. The first-order chi connectivity index (χ1) is 24.8. The summed E-state index contributed by atoms with van der Waals surface area (Å²) in [7, 11) is 0. The molecule has 0 fully saturated rings. The molecule has 50 heavy (non-hydrogen) atoms. The molecule has 0 N–H and O–H groups in total. The molecule has 266 valence electrons. The zero-order chi connectivity index (χ0) is 34.9. The molecule has 0 unspecified atom stereocenters. The molecule has 0 spiro atoms. The van der Waals surface area contributed by atoms with Crippen molar-refractivity contribution in [2.45, 2.75) is 0 Å². The largest absolute Gasteiger partial charge is 0.491 e. The lowest BCUT2D eigenvalue weighted by molar-refractivity contribution is 0.0136. The van der Waals surface area contributed by atoms with Crippen molar-refractivity contribution >= 4 is 0 Å². The summed E-state index contributed by atoms with van der Waals surface area (Å²) in [5.41, 5.74) is 6.32. The maximum Gasteiger partial charge on any atom is 0.127 e. The van der Waals surface area contributed by atoms with Crippen molar-refractivity contribution in [2.75, 3.05) is 92.5 Å². The van der Waals surface area contributed by atoms with Gasteiger partial charge in [-0.25, -0.2) is 0 Å². The summed E-state index contributed by atoms with van der Waals surface area (Å²) in [6.07, 6.45) is 3.44. The zero-order valence-electron chi connectivity index (χ0n) is 29.0. The van der Waals surface area contributed by atoms with Crippen molar-refractivity contribution in [1.29, 1.82) is 0 Å². The molecular formula is C42H50O8. The van der Waals surface area contributed by atoms with Crippen LogP contribution in [0.4, 0.5) is 0 Å². The molecule has 0 atom stereocenters. The Labute approximate surface area is 297 Å². The van der Waals surface area contributed by atoms with Crippen molar-refractivity contribution in [3.05, 3.63) is 122 Å². The highest BCUT2D eigenvalue weighted by atomic mass is 16.6. The van der Waals surface area contributed by atoms with Crippen molar-refractivity contribution in [3.8, 4) is 44.9 Å². The molecular weight excluding hydrogens is 632 g/mol. The third-order valence-corrected chi connectivity index (χ3v) is 7.39. The molecule has 8 heteroatoms. The quantitative estimate of drug-likeness (QED) is 0.0464. The summed E-state index contributed by atoms with van der Waals surface area (Å²) >= 11 is 0. The van der Waals surface area contributed by atoms with Gasteiger partial charge < -0.3 is 37.9 Å². The molecule has 0 aromatic heterocycles. The van der Waals surface area contributed by atoms with E-state index in [4.69, 9.17) is 37.9 Å². The molecule has 0 heterocycles. The number of ether oxygens (including phenoxy) is 8. The number of hydrogen-bond donors (Lipinski definition) is 0. The second-order valence-electron chi connectivity index (χ2n) is 11.0. The van der Waals surface area contributed by atoms with E-state index in [-0.39, 0.29) is 0 Å². The van der Waals surface area contributed by atoms with Gasteiger partial charge in [-0.05, 0) is 46.5 Å². The van der Waals surface area contributed by atoms with Crippen LogP contribution in [0.15, 0.2) is 122 Å². The van der Waals surface area contributed by atoms with Crippen LogP contribution in [0.5, 0.6) is 11.5 Å². The van der Waals surface area contributed by atoms with Crippen LogP contribution in [0, 0.1) is 0 Å². The SMILES string of the molecule is C=CCOCCOCCOCCOc1ccc(-c2ccc(OCCOCCOCCOCC=C)c(-c3ccccc3)c2)cc1-c1ccccc1. The highest BCUT2D eigenvalue weighted by molar-refractivity contribution is 5.81. The van der Waals surface area contributed by atoms with E-state index in [1.54, 1.807) is 12.2 Å². The second-order valence-corrected chi connectivity index (χ2v) is 11.0. The fraction of sp³-hybridized carbons (Fsp3) is 0.333. The maximum absolute atomic E-state index is 6.23. The predicted molar refractivity (Wildman–Crippen MR) is 199 cm³/mol. The topological polar surface area (TPSA) is 73.8 Å². The molecule has 0 aliphatic heterocycles. The lowest BCUT2D eigenvalue weighted by Gasteiger charge is -2.16. The Balaban J connectivity index is 1.36.